The summed E-state index contributed by atoms with van der Waals surface area (Å²) < 4.78 is 5.53. The van der Waals surface area contributed by atoms with Crippen molar-refractivity contribution in [3.63, 3.8) is 0 Å². The molecule has 1 unspecified atom stereocenters. The summed E-state index contributed by atoms with van der Waals surface area (Å²) in [6.45, 7) is 12.3. The van der Waals surface area contributed by atoms with Gasteiger partial charge in [0.15, 0.2) is 0 Å². The molecule has 0 aromatic carbocycles. The Labute approximate surface area is 100 Å². The molecule has 1 aliphatic rings. The van der Waals surface area contributed by atoms with E-state index >= 15 is 0 Å². The fourth-order valence-electron chi connectivity index (χ4n) is 2.38. The molecule has 0 aliphatic carbocycles. The number of rotatable bonds is 3. The molecular formula is C14H28O2. The fourth-order valence-corrected chi connectivity index (χ4v) is 2.38. The summed E-state index contributed by atoms with van der Waals surface area (Å²) in [5.41, 5.74) is 1.96. The molecule has 16 heavy (non-hydrogen) atoms. The van der Waals surface area contributed by atoms with Crippen molar-refractivity contribution >= 4 is 0 Å². The molecule has 1 rings (SSSR count). The molecular weight excluding hydrogens is 200 g/mol. The third-order valence-corrected chi connectivity index (χ3v) is 2.87. The predicted octanol–water partition coefficient (Wildman–Crippen LogP) is 3.36. The molecule has 2 nitrogen and oxygen atoms in total. The van der Waals surface area contributed by atoms with Gasteiger partial charge >= 0.3 is 0 Å². The molecule has 1 heterocycles. The smallest absolute Gasteiger partial charge is 0.0681 e. The molecule has 0 radical (unpaired) electrons. The topological polar surface area (TPSA) is 40.7 Å². The van der Waals surface area contributed by atoms with E-state index in [0.29, 0.717) is 11.5 Å². The van der Waals surface area contributed by atoms with E-state index in [9.17, 15) is 0 Å². The van der Waals surface area contributed by atoms with Crippen molar-refractivity contribution in [1.29, 1.82) is 0 Å². The van der Waals surface area contributed by atoms with Gasteiger partial charge in [-0.15, -0.1) is 0 Å². The van der Waals surface area contributed by atoms with Crippen LogP contribution in [0.2, 0.25) is 0 Å². The lowest BCUT2D eigenvalue weighted by atomic mass is 9.84. The molecule has 2 atom stereocenters. The molecule has 2 N–H and O–H groups in total. The van der Waals surface area contributed by atoms with Gasteiger partial charge in [-0.2, -0.15) is 0 Å². The SMILES string of the molecule is CC(C/C=C1\CO[C@H](C)C1)CC(C)(C)C.O. The van der Waals surface area contributed by atoms with E-state index in [-0.39, 0.29) is 5.48 Å². The lowest BCUT2D eigenvalue weighted by molar-refractivity contribution is 0.128. The van der Waals surface area contributed by atoms with Crippen LogP contribution < -0.4 is 0 Å². The van der Waals surface area contributed by atoms with Crippen molar-refractivity contribution in [3.05, 3.63) is 11.6 Å². The van der Waals surface area contributed by atoms with Crippen LogP contribution in [0.25, 0.3) is 0 Å². The van der Waals surface area contributed by atoms with Gasteiger partial charge in [-0.25, -0.2) is 0 Å². The molecule has 2 heteroatoms. The molecule has 1 aliphatic heterocycles. The zero-order valence-electron chi connectivity index (χ0n) is 11.5. The summed E-state index contributed by atoms with van der Waals surface area (Å²) in [6, 6.07) is 0. The van der Waals surface area contributed by atoms with E-state index in [2.05, 4.69) is 40.7 Å². The Morgan fingerprint density at radius 1 is 1.44 bits per heavy atom. The van der Waals surface area contributed by atoms with Gasteiger partial charge in [0, 0.05) is 0 Å². The van der Waals surface area contributed by atoms with Gasteiger partial charge < -0.3 is 10.2 Å². The summed E-state index contributed by atoms with van der Waals surface area (Å²) >= 11 is 0. The van der Waals surface area contributed by atoms with E-state index in [1.54, 1.807) is 0 Å². The summed E-state index contributed by atoms with van der Waals surface area (Å²) in [5.74, 6) is 0.786. The van der Waals surface area contributed by atoms with Crippen LogP contribution in [0, 0.1) is 11.3 Å². The van der Waals surface area contributed by atoms with Gasteiger partial charge in [-0.3, -0.25) is 0 Å². The minimum Gasteiger partial charge on any atom is -0.412 e. The van der Waals surface area contributed by atoms with Gasteiger partial charge in [0.2, 0.25) is 0 Å². The number of hydrogen-bond acceptors (Lipinski definition) is 1. The Hall–Kier alpha value is -0.340. The first-order chi connectivity index (χ1) is 6.87. The maximum Gasteiger partial charge on any atom is 0.0681 e. The Kier molecular flexibility index (Phi) is 6.27. The third kappa shape index (κ3) is 6.29. The van der Waals surface area contributed by atoms with Crippen molar-refractivity contribution in [3.8, 4) is 0 Å². The Balaban J connectivity index is 0.00000225. The molecule has 0 amide bonds. The van der Waals surface area contributed by atoms with Gasteiger partial charge in [-0.1, -0.05) is 33.8 Å². The summed E-state index contributed by atoms with van der Waals surface area (Å²) in [5, 5.41) is 0. The first-order valence-electron chi connectivity index (χ1n) is 6.16. The van der Waals surface area contributed by atoms with Gasteiger partial charge in [0.25, 0.3) is 0 Å². The Morgan fingerprint density at radius 3 is 2.50 bits per heavy atom. The highest BCUT2D eigenvalue weighted by molar-refractivity contribution is 5.07. The van der Waals surface area contributed by atoms with Gasteiger partial charge in [-0.05, 0) is 43.1 Å². The number of hydrogen-bond donors (Lipinski definition) is 0. The highest BCUT2D eigenvalue weighted by Gasteiger charge is 2.17. The van der Waals surface area contributed by atoms with Crippen LogP contribution >= 0.6 is 0 Å². The average Bonchev–Trinajstić information content (AvgIpc) is 2.45. The summed E-state index contributed by atoms with van der Waals surface area (Å²) in [7, 11) is 0. The Morgan fingerprint density at radius 2 is 2.06 bits per heavy atom. The van der Waals surface area contributed by atoms with E-state index in [1.807, 2.05) is 0 Å². The zero-order chi connectivity index (χ0) is 11.5. The molecule has 96 valence electrons. The lowest BCUT2D eigenvalue weighted by Crippen LogP contribution is -2.10. The second kappa shape index (κ2) is 6.41. The first kappa shape index (κ1) is 15.7. The molecule has 1 saturated heterocycles. The van der Waals surface area contributed by atoms with Crippen LogP contribution in [0.1, 0.15) is 53.9 Å². The van der Waals surface area contributed by atoms with Crippen LogP contribution in [0.3, 0.4) is 0 Å². The molecule has 0 aromatic rings. The predicted molar refractivity (Wildman–Crippen MR) is 69.6 cm³/mol. The van der Waals surface area contributed by atoms with Crippen LogP contribution in [0.5, 0.6) is 0 Å². The van der Waals surface area contributed by atoms with Crippen molar-refractivity contribution < 1.29 is 10.2 Å². The first-order valence-corrected chi connectivity index (χ1v) is 6.16. The second-order valence-electron chi connectivity index (χ2n) is 6.29. The van der Waals surface area contributed by atoms with Crippen molar-refractivity contribution in [1.82, 2.24) is 0 Å². The van der Waals surface area contributed by atoms with Crippen molar-refractivity contribution in [2.24, 2.45) is 11.3 Å². The highest BCUT2D eigenvalue weighted by Crippen LogP contribution is 2.27. The quantitative estimate of drug-likeness (QED) is 0.683. The lowest BCUT2D eigenvalue weighted by Gasteiger charge is -2.22. The monoisotopic (exact) mass is 228 g/mol. The molecule has 1 fully saturated rings. The standard InChI is InChI=1S/C14H26O.H2O/c1-11(9-14(3,4)5)6-7-13-8-12(2)15-10-13;/h7,11-12H,6,8-10H2,1-5H3;1H2/b13-7-;/t11?,12-;/m1./s1. The minimum absolute atomic E-state index is 0. The van der Waals surface area contributed by atoms with Gasteiger partial charge in [0.05, 0.1) is 12.7 Å². The highest BCUT2D eigenvalue weighted by atomic mass is 16.5. The van der Waals surface area contributed by atoms with E-state index in [0.717, 1.165) is 18.9 Å². The molecule has 0 aromatic heterocycles. The summed E-state index contributed by atoms with van der Waals surface area (Å²) in [4.78, 5) is 0. The van der Waals surface area contributed by atoms with Crippen molar-refractivity contribution in [2.75, 3.05) is 6.61 Å². The largest absolute Gasteiger partial charge is 0.412 e. The van der Waals surface area contributed by atoms with Gasteiger partial charge in [0.1, 0.15) is 0 Å². The summed E-state index contributed by atoms with van der Waals surface area (Å²) in [6.07, 6.45) is 6.49. The number of ether oxygens (including phenoxy) is 1. The fraction of sp³-hybridized carbons (Fsp3) is 0.857. The van der Waals surface area contributed by atoms with E-state index in [4.69, 9.17) is 4.74 Å². The van der Waals surface area contributed by atoms with Crippen LogP contribution in [0.15, 0.2) is 11.6 Å². The normalized spacial score (nSPS) is 25.6. The van der Waals surface area contributed by atoms with Crippen molar-refractivity contribution in [2.45, 2.75) is 60.0 Å². The molecule has 0 spiro atoms. The third-order valence-electron chi connectivity index (χ3n) is 2.87. The number of allylic oxidation sites excluding steroid dienone is 1. The maximum atomic E-state index is 5.53. The van der Waals surface area contributed by atoms with Crippen LogP contribution in [-0.4, -0.2) is 18.2 Å². The van der Waals surface area contributed by atoms with Crippen LogP contribution in [-0.2, 0) is 4.74 Å². The average molecular weight is 228 g/mol. The second-order valence-corrected chi connectivity index (χ2v) is 6.29. The Bertz CT molecular complexity index is 225. The maximum absolute atomic E-state index is 5.53. The molecule has 0 saturated carbocycles. The van der Waals surface area contributed by atoms with E-state index in [1.165, 1.54) is 18.4 Å². The minimum atomic E-state index is 0. The van der Waals surface area contributed by atoms with E-state index < -0.39 is 0 Å². The zero-order valence-corrected chi connectivity index (χ0v) is 11.5. The van der Waals surface area contributed by atoms with Crippen LogP contribution in [0.4, 0.5) is 0 Å². The molecule has 0 bridgehead atoms.